The largest absolute Gasteiger partial charge is 0.348 e. The molecule has 0 aliphatic carbocycles. The molecule has 6 nitrogen and oxygen atoms in total. The molecule has 0 bridgehead atoms. The Balaban J connectivity index is 2.15. The normalized spacial score (nSPS) is 25.2. The minimum Gasteiger partial charge on any atom is -0.348 e. The first-order valence-electron chi connectivity index (χ1n) is 6.36. The summed E-state index contributed by atoms with van der Waals surface area (Å²) in [5.41, 5.74) is 0. The zero-order valence-electron chi connectivity index (χ0n) is 12.1. The van der Waals surface area contributed by atoms with Gasteiger partial charge in [-0.05, 0) is 13.8 Å². The van der Waals surface area contributed by atoms with E-state index in [4.69, 9.17) is 12.2 Å². The summed E-state index contributed by atoms with van der Waals surface area (Å²) in [5.74, 6) is -0.756. The van der Waals surface area contributed by atoms with Crippen molar-refractivity contribution in [2.45, 2.75) is 39.2 Å². The van der Waals surface area contributed by atoms with Gasteiger partial charge in [0.25, 0.3) is 0 Å². The number of aromatic nitrogens is 2. The Morgan fingerprint density at radius 2 is 2.59 bits per heavy atom. The molecule has 94 valence electrons. The fraction of sp³-hybridized carbons (Fsp3) is 0.636. The molecule has 2 heterocycles. The van der Waals surface area contributed by atoms with Crippen molar-refractivity contribution in [3.8, 4) is 0 Å². The Bertz CT molecular complexity index is 487. The molecule has 1 atom stereocenters. The lowest BCUT2D eigenvalue weighted by Gasteiger charge is -2.16. The van der Waals surface area contributed by atoms with E-state index in [-0.39, 0.29) is 12.5 Å². The first kappa shape index (κ1) is 9.61. The number of carbonyl (C=O) groups is 1. The Morgan fingerprint density at radius 3 is 3.18 bits per heavy atom. The van der Waals surface area contributed by atoms with Crippen molar-refractivity contribution in [3.63, 3.8) is 0 Å². The summed E-state index contributed by atoms with van der Waals surface area (Å²) in [6.45, 7) is 3.12. The lowest BCUT2D eigenvalue weighted by atomic mass is 10.4. The fourth-order valence-corrected chi connectivity index (χ4v) is 1.54. The van der Waals surface area contributed by atoms with Crippen molar-refractivity contribution in [1.82, 2.24) is 9.78 Å². The summed E-state index contributed by atoms with van der Waals surface area (Å²) in [6.07, 6.45) is 0.701. The maximum Gasteiger partial charge on any atom is 0.222 e. The van der Waals surface area contributed by atoms with Gasteiger partial charge in [0.05, 0.1) is 15.8 Å². The minimum absolute atomic E-state index is 0.148. The molecule has 0 aromatic carbocycles. The SMILES string of the molecule is [2H]C([2H])([C@@H]1COC(C)(C)O1)n1ccc(NC(C)=O)n1. The van der Waals surface area contributed by atoms with Crippen molar-refractivity contribution < 1.29 is 17.0 Å². The van der Waals surface area contributed by atoms with E-state index in [2.05, 4.69) is 10.4 Å². The minimum atomic E-state index is -1.86. The smallest absolute Gasteiger partial charge is 0.222 e. The van der Waals surface area contributed by atoms with Crippen LogP contribution in [0.2, 0.25) is 0 Å². The van der Waals surface area contributed by atoms with Crippen LogP contribution >= 0.6 is 0 Å². The van der Waals surface area contributed by atoms with E-state index in [1.54, 1.807) is 13.8 Å². The number of rotatable bonds is 3. The first-order valence-corrected chi connectivity index (χ1v) is 5.36. The highest BCUT2D eigenvalue weighted by molar-refractivity contribution is 5.87. The van der Waals surface area contributed by atoms with Gasteiger partial charge in [0, 0.05) is 19.2 Å². The predicted molar refractivity (Wildman–Crippen MR) is 61.4 cm³/mol. The summed E-state index contributed by atoms with van der Waals surface area (Å²) < 4.78 is 28.2. The predicted octanol–water partition coefficient (Wildman–Crippen LogP) is 0.993. The summed E-state index contributed by atoms with van der Waals surface area (Å²) in [5, 5.41) is 6.48. The van der Waals surface area contributed by atoms with E-state index in [1.165, 1.54) is 19.2 Å². The molecule has 1 aliphatic heterocycles. The number of hydrogen-bond donors (Lipinski definition) is 1. The molecule has 1 aliphatic rings. The molecular formula is C11H17N3O3. The third-order valence-electron chi connectivity index (χ3n) is 2.18. The van der Waals surface area contributed by atoms with Crippen LogP contribution < -0.4 is 5.32 Å². The van der Waals surface area contributed by atoms with Crippen LogP contribution in [0.1, 0.15) is 23.5 Å². The van der Waals surface area contributed by atoms with E-state index in [0.29, 0.717) is 5.82 Å². The van der Waals surface area contributed by atoms with Crippen LogP contribution in [0, 0.1) is 0 Å². The molecule has 17 heavy (non-hydrogen) atoms. The quantitative estimate of drug-likeness (QED) is 0.857. The maximum atomic E-state index is 10.9. The van der Waals surface area contributed by atoms with Crippen LogP contribution in [0.25, 0.3) is 0 Å². The Labute approximate surface area is 103 Å². The molecular weight excluding hydrogens is 222 g/mol. The van der Waals surface area contributed by atoms with Gasteiger partial charge in [0.15, 0.2) is 11.6 Å². The summed E-state index contributed by atoms with van der Waals surface area (Å²) >= 11 is 0. The molecule has 1 N–H and O–H groups in total. The van der Waals surface area contributed by atoms with Gasteiger partial charge in [-0.2, -0.15) is 5.10 Å². The molecule has 2 rings (SSSR count). The molecule has 1 amide bonds. The van der Waals surface area contributed by atoms with Gasteiger partial charge >= 0.3 is 0 Å². The van der Waals surface area contributed by atoms with Crippen LogP contribution in [-0.4, -0.2) is 34.2 Å². The Hall–Kier alpha value is -1.40. The summed E-state index contributed by atoms with van der Waals surface area (Å²) in [4.78, 5) is 10.9. The standard InChI is InChI=1S/C11H17N3O3/c1-8(15)12-10-4-5-14(13-10)6-9-7-16-11(2,3)17-9/h4-5,9H,6-7H2,1-3H3,(H,12,13,15)/t9-/m1/s1/i6D2. The Morgan fingerprint density at radius 1 is 1.82 bits per heavy atom. The molecule has 0 unspecified atom stereocenters. The van der Waals surface area contributed by atoms with E-state index in [9.17, 15) is 4.79 Å². The van der Waals surface area contributed by atoms with Gasteiger partial charge < -0.3 is 14.8 Å². The van der Waals surface area contributed by atoms with Crippen LogP contribution in [-0.2, 0) is 20.8 Å². The average molecular weight is 241 g/mol. The van der Waals surface area contributed by atoms with Gasteiger partial charge in [-0.1, -0.05) is 0 Å². The fourth-order valence-electron chi connectivity index (χ4n) is 1.54. The van der Waals surface area contributed by atoms with Crippen molar-refractivity contribution in [3.05, 3.63) is 12.3 Å². The van der Waals surface area contributed by atoms with E-state index < -0.39 is 18.4 Å². The van der Waals surface area contributed by atoms with Crippen LogP contribution in [0.15, 0.2) is 12.3 Å². The molecule has 1 aromatic rings. The number of anilines is 1. The van der Waals surface area contributed by atoms with Gasteiger partial charge in [-0.15, -0.1) is 0 Å². The number of nitrogens with zero attached hydrogens (tertiary/aromatic N) is 2. The van der Waals surface area contributed by atoms with Crippen molar-refractivity contribution in [1.29, 1.82) is 0 Å². The zero-order valence-corrected chi connectivity index (χ0v) is 10.1. The maximum absolute atomic E-state index is 10.9. The molecule has 1 saturated heterocycles. The van der Waals surface area contributed by atoms with Crippen LogP contribution in [0.3, 0.4) is 0 Å². The lowest BCUT2D eigenvalue weighted by Crippen LogP contribution is -2.24. The average Bonchev–Trinajstić information content (AvgIpc) is 2.84. The second kappa shape index (κ2) is 4.46. The topological polar surface area (TPSA) is 65.4 Å². The van der Waals surface area contributed by atoms with E-state index in [0.717, 1.165) is 4.68 Å². The highest BCUT2D eigenvalue weighted by Crippen LogP contribution is 2.23. The molecule has 1 aromatic heterocycles. The second-order valence-corrected chi connectivity index (χ2v) is 4.27. The van der Waals surface area contributed by atoms with Crippen LogP contribution in [0.4, 0.5) is 5.82 Å². The summed E-state index contributed by atoms with van der Waals surface area (Å²) in [7, 11) is 0. The van der Waals surface area contributed by atoms with Crippen molar-refractivity contribution in [2.75, 3.05) is 11.9 Å². The zero-order chi connectivity index (χ0) is 14.3. The Kier molecular flexibility index (Phi) is 2.52. The molecule has 0 radical (unpaired) electrons. The number of carbonyl (C=O) groups excluding carboxylic acids is 1. The van der Waals surface area contributed by atoms with Gasteiger partial charge in [0.2, 0.25) is 5.91 Å². The molecule has 6 heteroatoms. The van der Waals surface area contributed by atoms with E-state index in [1.807, 2.05) is 0 Å². The van der Waals surface area contributed by atoms with Crippen molar-refractivity contribution in [2.24, 2.45) is 0 Å². The second-order valence-electron chi connectivity index (χ2n) is 4.27. The van der Waals surface area contributed by atoms with Gasteiger partial charge in [-0.25, -0.2) is 0 Å². The molecule has 0 spiro atoms. The highest BCUT2D eigenvalue weighted by atomic mass is 16.7. The third kappa shape index (κ3) is 3.28. The highest BCUT2D eigenvalue weighted by Gasteiger charge is 2.32. The summed E-state index contributed by atoms with van der Waals surface area (Å²) in [6, 6.07) is 1.53. The molecule has 1 fully saturated rings. The van der Waals surface area contributed by atoms with Gasteiger partial charge in [0.1, 0.15) is 6.10 Å². The number of ether oxygens (including phenoxy) is 2. The molecule has 0 saturated carbocycles. The first-order chi connectivity index (χ1) is 8.71. The number of amides is 1. The lowest BCUT2D eigenvalue weighted by molar-refractivity contribution is -0.139. The van der Waals surface area contributed by atoms with Crippen LogP contribution in [0.5, 0.6) is 0 Å². The third-order valence-corrected chi connectivity index (χ3v) is 2.18. The van der Waals surface area contributed by atoms with Crippen molar-refractivity contribution >= 4 is 11.7 Å². The number of nitrogens with one attached hydrogen (secondary N) is 1. The monoisotopic (exact) mass is 241 g/mol. The number of hydrogen-bond acceptors (Lipinski definition) is 4. The van der Waals surface area contributed by atoms with E-state index >= 15 is 0 Å². The van der Waals surface area contributed by atoms with Gasteiger partial charge in [-0.3, -0.25) is 9.48 Å².